The summed E-state index contributed by atoms with van der Waals surface area (Å²) in [4.78, 5) is 0.345. The van der Waals surface area contributed by atoms with Crippen LogP contribution in [0.25, 0.3) is 0 Å². The summed E-state index contributed by atoms with van der Waals surface area (Å²) >= 11 is 0.921. The maximum atomic E-state index is 12.2. The van der Waals surface area contributed by atoms with Crippen LogP contribution in [0.4, 0.5) is 5.69 Å². The lowest BCUT2D eigenvalue weighted by molar-refractivity contribution is 0.603. The third kappa shape index (κ3) is 3.83. The number of nitrogens with zero attached hydrogens (tertiary/aromatic N) is 1. The van der Waals surface area contributed by atoms with Gasteiger partial charge in [-0.15, -0.1) is 11.3 Å². The molecule has 0 saturated heterocycles. The van der Waals surface area contributed by atoms with Gasteiger partial charge in [0.1, 0.15) is 15.2 Å². The van der Waals surface area contributed by atoms with Crippen molar-refractivity contribution in [3.8, 4) is 17.9 Å². The minimum absolute atomic E-state index is 0.0949. The topological polar surface area (TPSA) is 96.0 Å². The number of nitrogens with one attached hydrogen (secondary N) is 1. The van der Waals surface area contributed by atoms with Gasteiger partial charge < -0.3 is 5.73 Å². The van der Waals surface area contributed by atoms with Crippen LogP contribution >= 0.6 is 11.3 Å². The first-order chi connectivity index (χ1) is 10.0. The van der Waals surface area contributed by atoms with Gasteiger partial charge in [0.2, 0.25) is 0 Å². The van der Waals surface area contributed by atoms with Gasteiger partial charge >= 0.3 is 0 Å². The van der Waals surface area contributed by atoms with Crippen molar-refractivity contribution >= 4 is 27.0 Å². The van der Waals surface area contributed by atoms with Gasteiger partial charge in [0, 0.05) is 5.56 Å². The quantitative estimate of drug-likeness (QED) is 0.843. The fourth-order valence-electron chi connectivity index (χ4n) is 1.54. The summed E-state index contributed by atoms with van der Waals surface area (Å²) in [6.07, 6.45) is 0. The molecule has 0 atom stereocenters. The molecule has 7 heteroatoms. The highest BCUT2D eigenvalue weighted by Gasteiger charge is 2.17. The van der Waals surface area contributed by atoms with Crippen molar-refractivity contribution in [1.82, 2.24) is 0 Å². The van der Waals surface area contributed by atoms with Crippen LogP contribution in [0.2, 0.25) is 0 Å². The average molecular weight is 317 g/mol. The molecule has 0 fully saturated rings. The molecule has 106 valence electrons. The molecule has 0 amide bonds. The van der Waals surface area contributed by atoms with Gasteiger partial charge in [-0.2, -0.15) is 5.26 Å². The summed E-state index contributed by atoms with van der Waals surface area (Å²) in [5.74, 6) is 5.54. The Morgan fingerprint density at radius 1 is 1.29 bits per heavy atom. The Morgan fingerprint density at radius 2 is 2.10 bits per heavy atom. The number of benzene rings is 1. The van der Waals surface area contributed by atoms with E-state index >= 15 is 0 Å². The zero-order chi connectivity index (χ0) is 15.3. The number of nitriles is 1. The SMILES string of the molecule is N#Cc1ccc(S(=O)(=O)Nc2cccc(C#CCN)c2)s1. The molecule has 0 saturated carbocycles. The Balaban J connectivity index is 2.26. The van der Waals surface area contributed by atoms with Crippen molar-refractivity contribution in [2.45, 2.75) is 4.21 Å². The molecule has 1 aromatic heterocycles. The maximum absolute atomic E-state index is 12.2. The predicted octanol–water partition coefficient (Wildman–Crippen LogP) is 1.73. The van der Waals surface area contributed by atoms with Gasteiger partial charge in [-0.3, -0.25) is 4.72 Å². The largest absolute Gasteiger partial charge is 0.320 e. The lowest BCUT2D eigenvalue weighted by atomic mass is 10.2. The molecule has 0 unspecified atom stereocenters. The van der Waals surface area contributed by atoms with Crippen LogP contribution in [0.3, 0.4) is 0 Å². The van der Waals surface area contributed by atoms with E-state index in [2.05, 4.69) is 16.6 Å². The van der Waals surface area contributed by atoms with Crippen LogP contribution in [0.1, 0.15) is 10.4 Å². The number of rotatable bonds is 3. The molecular weight excluding hydrogens is 306 g/mol. The summed E-state index contributed by atoms with van der Waals surface area (Å²) in [5.41, 5.74) is 6.38. The Kier molecular flexibility index (Phi) is 4.61. The van der Waals surface area contributed by atoms with Crippen molar-refractivity contribution in [2.24, 2.45) is 5.73 Å². The van der Waals surface area contributed by atoms with E-state index in [4.69, 9.17) is 11.0 Å². The smallest absolute Gasteiger partial charge is 0.271 e. The van der Waals surface area contributed by atoms with Crippen LogP contribution in [-0.4, -0.2) is 15.0 Å². The summed E-state index contributed by atoms with van der Waals surface area (Å²) < 4.78 is 26.9. The molecule has 0 aliphatic carbocycles. The normalized spacial score (nSPS) is 10.3. The predicted molar refractivity (Wildman–Crippen MR) is 82.2 cm³/mol. The van der Waals surface area contributed by atoms with Gasteiger partial charge in [0.25, 0.3) is 10.0 Å². The van der Waals surface area contributed by atoms with Crippen molar-refractivity contribution in [2.75, 3.05) is 11.3 Å². The van der Waals surface area contributed by atoms with E-state index in [0.717, 1.165) is 11.3 Å². The molecule has 21 heavy (non-hydrogen) atoms. The highest BCUT2D eigenvalue weighted by atomic mass is 32.2. The highest BCUT2D eigenvalue weighted by Crippen LogP contribution is 2.23. The van der Waals surface area contributed by atoms with Gasteiger partial charge in [-0.25, -0.2) is 8.42 Å². The lowest BCUT2D eigenvalue weighted by Crippen LogP contribution is -2.11. The van der Waals surface area contributed by atoms with Gasteiger partial charge in [-0.05, 0) is 30.3 Å². The monoisotopic (exact) mass is 317 g/mol. The van der Waals surface area contributed by atoms with E-state index < -0.39 is 10.0 Å². The number of sulfonamides is 1. The summed E-state index contributed by atoms with van der Waals surface area (Å²) in [6.45, 7) is 0.238. The summed E-state index contributed by atoms with van der Waals surface area (Å²) in [7, 11) is -3.70. The minimum atomic E-state index is -3.70. The zero-order valence-corrected chi connectivity index (χ0v) is 12.5. The molecular formula is C14H11N3O2S2. The maximum Gasteiger partial charge on any atom is 0.271 e. The molecule has 0 aliphatic rings. The summed E-state index contributed by atoms with van der Waals surface area (Å²) in [5, 5.41) is 8.74. The van der Waals surface area contributed by atoms with Crippen LogP contribution < -0.4 is 10.5 Å². The molecule has 0 aliphatic heterocycles. The molecule has 2 aromatic rings. The molecule has 5 nitrogen and oxygen atoms in total. The first kappa shape index (κ1) is 15.1. The molecule has 0 bridgehead atoms. The molecule has 3 N–H and O–H groups in total. The standard InChI is InChI=1S/C14H11N3O2S2/c15-8-2-4-11-3-1-5-12(9-11)17-21(18,19)14-7-6-13(10-16)20-14/h1,3,5-7,9,17H,8,15H2. The Hall–Kier alpha value is -2.32. The van der Waals surface area contributed by atoms with Crippen molar-refractivity contribution < 1.29 is 8.42 Å². The van der Waals surface area contributed by atoms with E-state index in [1.54, 1.807) is 24.3 Å². The number of nitrogens with two attached hydrogens (primary N) is 1. The zero-order valence-electron chi connectivity index (χ0n) is 10.8. The van der Waals surface area contributed by atoms with E-state index in [9.17, 15) is 8.42 Å². The second kappa shape index (κ2) is 6.42. The Labute approximate surface area is 127 Å². The fraction of sp³-hybridized carbons (Fsp3) is 0.0714. The Morgan fingerprint density at radius 3 is 2.76 bits per heavy atom. The van der Waals surface area contributed by atoms with Crippen LogP contribution in [0.5, 0.6) is 0 Å². The minimum Gasteiger partial charge on any atom is -0.320 e. The van der Waals surface area contributed by atoms with Crippen LogP contribution in [-0.2, 0) is 10.0 Å². The third-order valence-corrected chi connectivity index (χ3v) is 5.27. The Bertz CT molecular complexity index is 852. The number of hydrogen-bond acceptors (Lipinski definition) is 5. The lowest BCUT2D eigenvalue weighted by Gasteiger charge is -2.06. The second-order valence-corrected chi connectivity index (χ2v) is 6.92. The van der Waals surface area contributed by atoms with E-state index in [0.29, 0.717) is 16.1 Å². The molecule has 0 radical (unpaired) electrons. The third-order valence-electron chi connectivity index (χ3n) is 2.41. The van der Waals surface area contributed by atoms with Crippen molar-refractivity contribution in [3.05, 3.63) is 46.8 Å². The van der Waals surface area contributed by atoms with Gasteiger partial charge in [0.15, 0.2) is 0 Å². The van der Waals surface area contributed by atoms with E-state index in [-0.39, 0.29) is 10.8 Å². The number of thiophene rings is 1. The number of hydrogen-bond donors (Lipinski definition) is 2. The highest BCUT2D eigenvalue weighted by molar-refractivity contribution is 7.94. The van der Waals surface area contributed by atoms with Crippen molar-refractivity contribution in [1.29, 1.82) is 5.26 Å². The second-order valence-electron chi connectivity index (χ2n) is 3.92. The summed E-state index contributed by atoms with van der Waals surface area (Å²) in [6, 6.07) is 11.5. The first-order valence-electron chi connectivity index (χ1n) is 5.87. The molecule has 1 aromatic carbocycles. The molecule has 1 heterocycles. The average Bonchev–Trinajstić information content (AvgIpc) is 2.95. The first-order valence-corrected chi connectivity index (χ1v) is 8.17. The van der Waals surface area contributed by atoms with Crippen LogP contribution in [0.15, 0.2) is 40.6 Å². The van der Waals surface area contributed by atoms with Crippen LogP contribution in [0, 0.1) is 23.2 Å². The fourth-order valence-corrected chi connectivity index (χ4v) is 3.70. The van der Waals surface area contributed by atoms with E-state index in [1.165, 1.54) is 12.1 Å². The number of anilines is 1. The van der Waals surface area contributed by atoms with E-state index in [1.807, 2.05) is 6.07 Å². The van der Waals surface area contributed by atoms with Crippen molar-refractivity contribution in [3.63, 3.8) is 0 Å². The van der Waals surface area contributed by atoms with Gasteiger partial charge in [0.05, 0.1) is 12.2 Å². The molecule has 2 rings (SSSR count). The van der Waals surface area contributed by atoms with Gasteiger partial charge in [-0.1, -0.05) is 17.9 Å². The molecule has 0 spiro atoms.